The molecule has 0 aromatic rings. The number of carbonyl (C=O) groups is 2. The molecule has 2 aliphatic rings. The highest BCUT2D eigenvalue weighted by molar-refractivity contribution is 7.88. The fraction of sp³-hybridized carbons (Fsp3) is 0.905. The molecule has 0 unspecified atom stereocenters. The highest BCUT2D eigenvalue weighted by Gasteiger charge is 2.28. The SMILES string of the molecule is CC(C)(C)OC(=O)N1CCC(N)CC1.CC(C)(C)OC(=O)N1CCC(NS(C)(=O)=O)CC1. The number of carbonyl (C=O) groups excluding carboxylic acids is 2. The number of hydrogen-bond acceptors (Lipinski definition) is 7. The van der Waals surface area contributed by atoms with E-state index in [4.69, 9.17) is 15.2 Å². The molecule has 32 heavy (non-hydrogen) atoms. The Morgan fingerprint density at radius 2 is 1.16 bits per heavy atom. The summed E-state index contributed by atoms with van der Waals surface area (Å²) >= 11 is 0. The fourth-order valence-corrected chi connectivity index (χ4v) is 4.06. The van der Waals surface area contributed by atoms with E-state index in [1.807, 2.05) is 41.5 Å². The monoisotopic (exact) mass is 478 g/mol. The third-order valence-electron chi connectivity index (χ3n) is 4.72. The molecule has 2 heterocycles. The summed E-state index contributed by atoms with van der Waals surface area (Å²) in [5.74, 6) is 0. The summed E-state index contributed by atoms with van der Waals surface area (Å²) in [7, 11) is -3.17. The van der Waals surface area contributed by atoms with Crippen molar-refractivity contribution in [2.45, 2.75) is 90.5 Å². The number of nitrogens with one attached hydrogen (secondary N) is 1. The van der Waals surface area contributed by atoms with Gasteiger partial charge in [-0.3, -0.25) is 0 Å². The van der Waals surface area contributed by atoms with Crippen LogP contribution in [-0.4, -0.2) is 86.1 Å². The van der Waals surface area contributed by atoms with Crippen LogP contribution in [0.2, 0.25) is 0 Å². The third-order valence-corrected chi connectivity index (χ3v) is 5.48. The molecule has 2 saturated heterocycles. The standard InChI is InChI=1S/C11H22N2O4S.C10H20N2O2/c1-11(2,3)17-10(14)13-7-5-9(6-8-13)12-18(4,15)16;1-10(2,3)14-9(13)12-6-4-8(11)5-7-12/h9,12H,5-8H2,1-4H3;8H,4-7,11H2,1-3H3. The molecule has 10 nitrogen and oxygen atoms in total. The zero-order valence-electron chi connectivity index (χ0n) is 20.6. The first-order valence-corrected chi connectivity index (χ1v) is 13.0. The van der Waals surface area contributed by atoms with Crippen LogP contribution in [0.5, 0.6) is 0 Å². The number of sulfonamides is 1. The lowest BCUT2D eigenvalue weighted by atomic mass is 10.1. The van der Waals surface area contributed by atoms with Crippen LogP contribution in [0.1, 0.15) is 67.2 Å². The van der Waals surface area contributed by atoms with Crippen LogP contribution >= 0.6 is 0 Å². The molecule has 188 valence electrons. The van der Waals surface area contributed by atoms with Crippen LogP contribution < -0.4 is 10.5 Å². The zero-order valence-corrected chi connectivity index (χ0v) is 21.5. The van der Waals surface area contributed by atoms with Crippen LogP contribution in [0.25, 0.3) is 0 Å². The predicted molar refractivity (Wildman–Crippen MR) is 124 cm³/mol. The van der Waals surface area contributed by atoms with E-state index in [1.165, 1.54) is 0 Å². The molecule has 3 N–H and O–H groups in total. The number of piperidine rings is 2. The van der Waals surface area contributed by atoms with E-state index < -0.39 is 21.2 Å². The average molecular weight is 479 g/mol. The van der Waals surface area contributed by atoms with Gasteiger partial charge in [-0.2, -0.15) is 0 Å². The first kappa shape index (κ1) is 28.4. The van der Waals surface area contributed by atoms with Gasteiger partial charge in [0.2, 0.25) is 10.0 Å². The minimum absolute atomic E-state index is 0.0845. The van der Waals surface area contributed by atoms with Crippen molar-refractivity contribution in [3.05, 3.63) is 0 Å². The molecule has 2 aliphatic heterocycles. The first-order valence-electron chi connectivity index (χ1n) is 11.1. The summed E-state index contributed by atoms with van der Waals surface area (Å²) in [5, 5.41) is 0. The lowest BCUT2D eigenvalue weighted by Crippen LogP contribution is -2.47. The third kappa shape index (κ3) is 12.4. The number of hydrogen-bond donors (Lipinski definition) is 2. The Morgan fingerprint density at radius 1 is 0.812 bits per heavy atom. The minimum Gasteiger partial charge on any atom is -0.444 e. The number of amides is 2. The van der Waals surface area contributed by atoms with Gasteiger partial charge < -0.3 is 25.0 Å². The van der Waals surface area contributed by atoms with Gasteiger partial charge in [-0.25, -0.2) is 22.7 Å². The van der Waals surface area contributed by atoms with Crippen LogP contribution in [0.15, 0.2) is 0 Å². The van der Waals surface area contributed by atoms with Crippen molar-refractivity contribution in [2.75, 3.05) is 32.4 Å². The molecule has 0 atom stereocenters. The van der Waals surface area contributed by atoms with Crippen molar-refractivity contribution >= 4 is 22.2 Å². The van der Waals surface area contributed by atoms with Crippen molar-refractivity contribution < 1.29 is 27.5 Å². The van der Waals surface area contributed by atoms with Gasteiger partial charge in [-0.1, -0.05) is 0 Å². The molecule has 0 aromatic heterocycles. The molecule has 0 spiro atoms. The molecule has 0 radical (unpaired) electrons. The Labute approximate surface area is 193 Å². The van der Waals surface area contributed by atoms with E-state index in [-0.39, 0.29) is 24.3 Å². The van der Waals surface area contributed by atoms with Gasteiger partial charge in [0.15, 0.2) is 0 Å². The highest BCUT2D eigenvalue weighted by Crippen LogP contribution is 2.16. The van der Waals surface area contributed by atoms with E-state index in [9.17, 15) is 18.0 Å². The molecule has 0 aliphatic carbocycles. The maximum absolute atomic E-state index is 11.8. The maximum Gasteiger partial charge on any atom is 0.410 e. The van der Waals surface area contributed by atoms with Gasteiger partial charge in [0, 0.05) is 38.3 Å². The highest BCUT2D eigenvalue weighted by atomic mass is 32.2. The molecular formula is C21H42N4O6S. The maximum atomic E-state index is 11.8. The largest absolute Gasteiger partial charge is 0.444 e. The van der Waals surface area contributed by atoms with Gasteiger partial charge >= 0.3 is 12.2 Å². The molecule has 2 amide bonds. The predicted octanol–water partition coefficient (Wildman–Crippen LogP) is 2.28. The van der Waals surface area contributed by atoms with E-state index in [0.717, 1.165) is 32.2 Å². The quantitative estimate of drug-likeness (QED) is 0.622. The minimum atomic E-state index is -3.17. The molecule has 0 saturated carbocycles. The molecule has 2 fully saturated rings. The van der Waals surface area contributed by atoms with Gasteiger partial charge in [-0.15, -0.1) is 0 Å². The Bertz CT molecular complexity index is 714. The summed E-state index contributed by atoms with van der Waals surface area (Å²) in [6, 6.07) is 0.160. The summed E-state index contributed by atoms with van der Waals surface area (Å²) in [4.78, 5) is 26.7. The van der Waals surface area contributed by atoms with Crippen molar-refractivity contribution in [1.82, 2.24) is 14.5 Å². The van der Waals surface area contributed by atoms with E-state index in [0.29, 0.717) is 25.9 Å². The summed E-state index contributed by atoms with van der Waals surface area (Å²) in [5.41, 5.74) is 4.84. The number of rotatable bonds is 2. The van der Waals surface area contributed by atoms with Crippen LogP contribution in [-0.2, 0) is 19.5 Å². The zero-order chi connectivity index (χ0) is 24.7. The second-order valence-electron chi connectivity index (χ2n) is 10.4. The Hall–Kier alpha value is -1.59. The van der Waals surface area contributed by atoms with Crippen LogP contribution in [0, 0.1) is 0 Å². The smallest absolute Gasteiger partial charge is 0.410 e. The Balaban J connectivity index is 0.000000330. The second kappa shape index (κ2) is 11.5. The van der Waals surface area contributed by atoms with E-state index in [1.54, 1.807) is 9.80 Å². The second-order valence-corrected chi connectivity index (χ2v) is 12.2. The number of ether oxygens (including phenoxy) is 2. The number of nitrogens with zero attached hydrogens (tertiary/aromatic N) is 2. The summed E-state index contributed by atoms with van der Waals surface area (Å²) in [6.07, 6.45) is 3.58. The topological polar surface area (TPSA) is 131 Å². The van der Waals surface area contributed by atoms with Crippen LogP contribution in [0.4, 0.5) is 9.59 Å². The van der Waals surface area contributed by atoms with Crippen molar-refractivity contribution in [1.29, 1.82) is 0 Å². The molecule has 11 heteroatoms. The summed E-state index contributed by atoms with van der Waals surface area (Å²) in [6.45, 7) is 13.6. The Morgan fingerprint density at radius 3 is 1.47 bits per heavy atom. The normalized spacial score (nSPS) is 19.1. The van der Waals surface area contributed by atoms with Crippen LogP contribution in [0.3, 0.4) is 0 Å². The van der Waals surface area contributed by atoms with Crippen molar-refractivity contribution in [2.24, 2.45) is 5.73 Å². The number of nitrogens with two attached hydrogens (primary N) is 1. The van der Waals surface area contributed by atoms with E-state index in [2.05, 4.69) is 4.72 Å². The van der Waals surface area contributed by atoms with Crippen molar-refractivity contribution in [3.63, 3.8) is 0 Å². The van der Waals surface area contributed by atoms with Gasteiger partial charge in [0.25, 0.3) is 0 Å². The molecule has 0 bridgehead atoms. The average Bonchev–Trinajstić information content (AvgIpc) is 2.59. The lowest BCUT2D eigenvalue weighted by Gasteiger charge is -2.33. The van der Waals surface area contributed by atoms with E-state index >= 15 is 0 Å². The van der Waals surface area contributed by atoms with Gasteiger partial charge in [0.05, 0.1) is 6.26 Å². The van der Waals surface area contributed by atoms with Gasteiger partial charge in [0.1, 0.15) is 11.2 Å². The first-order chi connectivity index (χ1) is 14.5. The Kier molecular flexibility index (Phi) is 10.2. The van der Waals surface area contributed by atoms with Crippen molar-refractivity contribution in [3.8, 4) is 0 Å². The molecular weight excluding hydrogens is 436 g/mol. The fourth-order valence-electron chi connectivity index (χ4n) is 3.22. The summed E-state index contributed by atoms with van der Waals surface area (Å²) < 4.78 is 35.3. The number of likely N-dealkylation sites (tertiary alicyclic amines) is 2. The lowest BCUT2D eigenvalue weighted by molar-refractivity contribution is 0.0194. The molecule has 0 aromatic carbocycles. The molecule has 2 rings (SSSR count). The van der Waals surface area contributed by atoms with Gasteiger partial charge in [-0.05, 0) is 67.2 Å².